The molecule has 0 radical (unpaired) electrons. The van der Waals surface area contributed by atoms with E-state index in [-0.39, 0.29) is 5.41 Å². The molecule has 4 atom stereocenters. The van der Waals surface area contributed by atoms with Gasteiger partial charge in [-0.05, 0) is 74.9 Å². The van der Waals surface area contributed by atoms with E-state index < -0.39 is 0 Å². The SMILES string of the molecule is CN(C)CCOCC=C1CC2(C)C(=O)CCC2C2CCc3cc(O)ccc3C12. The van der Waals surface area contributed by atoms with E-state index in [0.717, 1.165) is 38.6 Å². The van der Waals surface area contributed by atoms with Crippen LogP contribution in [-0.2, 0) is 16.0 Å². The number of aryl methyl sites for hydroxylation is 1. The van der Waals surface area contributed by atoms with Gasteiger partial charge in [0.1, 0.15) is 11.5 Å². The molecule has 2 saturated carbocycles. The van der Waals surface area contributed by atoms with Crippen molar-refractivity contribution in [3.05, 3.63) is 41.0 Å². The van der Waals surface area contributed by atoms with Crippen LogP contribution in [0, 0.1) is 17.3 Å². The molecule has 1 N–H and O–H groups in total. The number of rotatable bonds is 5. The Hall–Kier alpha value is -1.65. The lowest BCUT2D eigenvalue weighted by Gasteiger charge is -2.49. The molecule has 28 heavy (non-hydrogen) atoms. The van der Waals surface area contributed by atoms with Crippen molar-refractivity contribution < 1.29 is 14.6 Å². The van der Waals surface area contributed by atoms with E-state index in [1.165, 1.54) is 16.7 Å². The molecule has 0 aromatic heterocycles. The highest BCUT2D eigenvalue weighted by Gasteiger charge is 2.56. The molecule has 1 aromatic rings. The molecule has 1 aromatic carbocycles. The number of phenolic OH excluding ortho intramolecular Hbond substituents is 1. The fourth-order valence-corrected chi connectivity index (χ4v) is 5.98. The van der Waals surface area contributed by atoms with Gasteiger partial charge in [0.2, 0.25) is 0 Å². The van der Waals surface area contributed by atoms with Crippen molar-refractivity contribution in [2.45, 2.75) is 44.9 Å². The number of carbonyl (C=O) groups is 1. The van der Waals surface area contributed by atoms with Crippen molar-refractivity contribution in [2.75, 3.05) is 33.9 Å². The smallest absolute Gasteiger partial charge is 0.139 e. The minimum Gasteiger partial charge on any atom is -0.508 e. The molecule has 4 nitrogen and oxygen atoms in total. The molecule has 4 unspecified atom stereocenters. The zero-order valence-corrected chi connectivity index (χ0v) is 17.4. The van der Waals surface area contributed by atoms with Crippen LogP contribution in [-0.4, -0.2) is 49.6 Å². The summed E-state index contributed by atoms with van der Waals surface area (Å²) in [5, 5.41) is 9.94. The highest BCUT2D eigenvalue weighted by atomic mass is 16.5. The largest absolute Gasteiger partial charge is 0.508 e. The average Bonchev–Trinajstić information content (AvgIpc) is 2.95. The third kappa shape index (κ3) is 3.42. The summed E-state index contributed by atoms with van der Waals surface area (Å²) in [5.74, 6) is 2.18. The Morgan fingerprint density at radius 2 is 2.11 bits per heavy atom. The van der Waals surface area contributed by atoms with Crippen LogP contribution in [0.4, 0.5) is 0 Å². The highest BCUT2D eigenvalue weighted by Crippen LogP contribution is 2.61. The van der Waals surface area contributed by atoms with Gasteiger partial charge in [-0.15, -0.1) is 0 Å². The molecular formula is C24H33NO3. The molecule has 0 amide bonds. The lowest BCUT2D eigenvalue weighted by atomic mass is 9.54. The molecule has 0 spiro atoms. The molecule has 3 aliphatic carbocycles. The second-order valence-electron chi connectivity index (χ2n) is 9.38. The first kappa shape index (κ1) is 19.7. The second kappa shape index (κ2) is 7.64. The Kier molecular flexibility index (Phi) is 5.36. The standard InChI is InChI=1S/C24H33NO3/c1-24-15-17(10-12-28-13-11-25(2)3)23-19-7-5-18(26)14-16(19)4-6-20(23)21(24)8-9-22(24)27/h5,7,10,14,20-21,23,26H,4,6,8-9,11-13,15H2,1-3H3. The molecule has 0 heterocycles. The lowest BCUT2D eigenvalue weighted by Crippen LogP contribution is -2.43. The van der Waals surface area contributed by atoms with Crippen molar-refractivity contribution in [3.8, 4) is 5.75 Å². The molecule has 4 rings (SSSR count). The van der Waals surface area contributed by atoms with Crippen LogP contribution in [0.2, 0.25) is 0 Å². The van der Waals surface area contributed by atoms with Crippen molar-refractivity contribution in [1.29, 1.82) is 0 Å². The number of likely N-dealkylation sites (N-methyl/N-ethyl adjacent to an activating group) is 1. The third-order valence-electron chi connectivity index (χ3n) is 7.41. The monoisotopic (exact) mass is 383 g/mol. The van der Waals surface area contributed by atoms with Crippen LogP contribution < -0.4 is 0 Å². The molecule has 0 saturated heterocycles. The first-order valence-corrected chi connectivity index (χ1v) is 10.7. The van der Waals surface area contributed by atoms with E-state index in [1.54, 1.807) is 0 Å². The number of carbonyl (C=O) groups excluding carboxylic acids is 1. The quantitative estimate of drug-likeness (QED) is 0.618. The Labute approximate surface area is 168 Å². The first-order valence-electron chi connectivity index (χ1n) is 10.7. The minimum absolute atomic E-state index is 0.203. The maximum absolute atomic E-state index is 12.8. The minimum atomic E-state index is -0.203. The number of nitrogens with zero attached hydrogens (tertiary/aromatic N) is 1. The number of hydrogen-bond donors (Lipinski definition) is 1. The number of Topliss-reactive ketones (excluding diaryl/α,β-unsaturated/α-hetero) is 1. The maximum atomic E-state index is 12.8. The van der Waals surface area contributed by atoms with Crippen LogP contribution in [0.1, 0.15) is 49.7 Å². The molecular weight excluding hydrogens is 350 g/mol. The van der Waals surface area contributed by atoms with Crippen LogP contribution in [0.5, 0.6) is 5.75 Å². The van der Waals surface area contributed by atoms with Crippen LogP contribution in [0.15, 0.2) is 29.8 Å². The first-order chi connectivity index (χ1) is 13.4. The maximum Gasteiger partial charge on any atom is 0.139 e. The Balaban J connectivity index is 1.64. The Morgan fingerprint density at radius 3 is 2.89 bits per heavy atom. The summed E-state index contributed by atoms with van der Waals surface area (Å²) in [6, 6.07) is 5.87. The average molecular weight is 384 g/mol. The van der Waals surface area contributed by atoms with Crippen molar-refractivity contribution >= 4 is 5.78 Å². The summed E-state index contributed by atoms with van der Waals surface area (Å²) in [4.78, 5) is 14.9. The second-order valence-corrected chi connectivity index (χ2v) is 9.38. The summed E-state index contributed by atoms with van der Waals surface area (Å²) >= 11 is 0. The predicted molar refractivity (Wildman–Crippen MR) is 111 cm³/mol. The summed E-state index contributed by atoms with van der Waals surface area (Å²) in [6.45, 7) is 4.44. The van der Waals surface area contributed by atoms with Gasteiger partial charge in [0.15, 0.2) is 0 Å². The van der Waals surface area contributed by atoms with Crippen LogP contribution in [0.3, 0.4) is 0 Å². The lowest BCUT2D eigenvalue weighted by molar-refractivity contribution is -0.128. The molecule has 0 bridgehead atoms. The van der Waals surface area contributed by atoms with E-state index >= 15 is 0 Å². The number of allylic oxidation sites excluding steroid dienone is 1. The van der Waals surface area contributed by atoms with Gasteiger partial charge in [-0.2, -0.15) is 0 Å². The Morgan fingerprint density at radius 1 is 1.29 bits per heavy atom. The number of ketones is 1. The van der Waals surface area contributed by atoms with Gasteiger partial charge in [-0.3, -0.25) is 4.79 Å². The van der Waals surface area contributed by atoms with Gasteiger partial charge in [0.25, 0.3) is 0 Å². The summed E-state index contributed by atoms with van der Waals surface area (Å²) in [7, 11) is 4.10. The van der Waals surface area contributed by atoms with E-state index in [9.17, 15) is 9.90 Å². The van der Waals surface area contributed by atoms with E-state index in [0.29, 0.717) is 42.5 Å². The number of hydrogen-bond acceptors (Lipinski definition) is 4. The molecule has 2 fully saturated rings. The molecule has 4 heteroatoms. The van der Waals surface area contributed by atoms with E-state index in [2.05, 4.69) is 38.1 Å². The van der Waals surface area contributed by atoms with Gasteiger partial charge >= 0.3 is 0 Å². The fraction of sp³-hybridized carbons (Fsp3) is 0.625. The molecule has 0 aliphatic heterocycles. The third-order valence-corrected chi connectivity index (χ3v) is 7.41. The van der Waals surface area contributed by atoms with Crippen molar-refractivity contribution in [2.24, 2.45) is 17.3 Å². The number of fused-ring (bicyclic) bond motifs is 5. The predicted octanol–water partition coefficient (Wildman–Crippen LogP) is 3.93. The van der Waals surface area contributed by atoms with Crippen molar-refractivity contribution in [1.82, 2.24) is 4.90 Å². The molecule has 3 aliphatic rings. The van der Waals surface area contributed by atoms with E-state index in [1.807, 2.05) is 12.1 Å². The topological polar surface area (TPSA) is 49.8 Å². The highest BCUT2D eigenvalue weighted by molar-refractivity contribution is 5.87. The summed E-state index contributed by atoms with van der Waals surface area (Å²) in [6.07, 6.45) is 6.99. The zero-order chi connectivity index (χ0) is 19.9. The van der Waals surface area contributed by atoms with E-state index in [4.69, 9.17) is 4.74 Å². The number of ether oxygens (including phenoxy) is 1. The number of aromatic hydroxyl groups is 1. The normalized spacial score (nSPS) is 33.1. The van der Waals surface area contributed by atoms with Crippen LogP contribution in [0.25, 0.3) is 0 Å². The van der Waals surface area contributed by atoms with Crippen LogP contribution >= 0.6 is 0 Å². The Bertz CT molecular complexity index is 784. The van der Waals surface area contributed by atoms with Gasteiger partial charge in [-0.25, -0.2) is 0 Å². The van der Waals surface area contributed by atoms with Gasteiger partial charge in [0, 0.05) is 24.3 Å². The summed E-state index contributed by atoms with van der Waals surface area (Å²) in [5.41, 5.74) is 3.80. The zero-order valence-electron chi connectivity index (χ0n) is 17.4. The van der Waals surface area contributed by atoms with Gasteiger partial charge < -0.3 is 14.7 Å². The van der Waals surface area contributed by atoms with Gasteiger partial charge in [0.05, 0.1) is 13.2 Å². The van der Waals surface area contributed by atoms with Gasteiger partial charge in [-0.1, -0.05) is 24.6 Å². The fourth-order valence-electron chi connectivity index (χ4n) is 5.98. The number of phenols is 1. The number of benzene rings is 1. The molecule has 152 valence electrons. The van der Waals surface area contributed by atoms with Crippen molar-refractivity contribution in [3.63, 3.8) is 0 Å². The summed E-state index contributed by atoms with van der Waals surface area (Å²) < 4.78 is 5.86.